The van der Waals surface area contributed by atoms with Gasteiger partial charge in [0, 0.05) is 6.04 Å². The normalized spacial score (nSPS) is 25.0. The van der Waals surface area contributed by atoms with Crippen molar-refractivity contribution in [3.8, 4) is 6.07 Å². The van der Waals surface area contributed by atoms with E-state index < -0.39 is 0 Å². The molecule has 17 heavy (non-hydrogen) atoms. The van der Waals surface area contributed by atoms with Gasteiger partial charge in [0.2, 0.25) is 0 Å². The van der Waals surface area contributed by atoms with Crippen LogP contribution >= 0.6 is 23.1 Å². The lowest BCUT2D eigenvalue weighted by Gasteiger charge is -2.16. The molecule has 1 N–H and O–H groups in total. The summed E-state index contributed by atoms with van der Waals surface area (Å²) in [5.41, 5.74) is 0.494. The Labute approximate surface area is 111 Å². The van der Waals surface area contributed by atoms with E-state index in [2.05, 4.69) is 22.7 Å². The molecule has 92 valence electrons. The molecule has 0 saturated heterocycles. The first-order chi connectivity index (χ1) is 8.20. The monoisotopic (exact) mass is 269 g/mol. The molecule has 1 saturated carbocycles. The highest BCUT2D eigenvalue weighted by atomic mass is 35.5. The Bertz CT molecular complexity index is 424. The molecule has 3 nitrogen and oxygen atoms in total. The van der Waals surface area contributed by atoms with Gasteiger partial charge in [-0.05, 0) is 36.7 Å². The summed E-state index contributed by atoms with van der Waals surface area (Å²) in [7, 11) is 0. The molecule has 1 heterocycles. The predicted octanol–water partition coefficient (Wildman–Crippen LogP) is 4.05. The molecule has 1 aliphatic rings. The smallest absolute Gasteiger partial charge is 0.162 e. The van der Waals surface area contributed by atoms with E-state index in [0.717, 1.165) is 10.9 Å². The topological polar surface area (TPSA) is 48.7 Å². The molecule has 0 aliphatic heterocycles. The van der Waals surface area contributed by atoms with Gasteiger partial charge in [-0.25, -0.2) is 0 Å². The summed E-state index contributed by atoms with van der Waals surface area (Å²) >= 11 is 7.14. The van der Waals surface area contributed by atoms with Gasteiger partial charge in [-0.15, -0.1) is 0 Å². The summed E-state index contributed by atoms with van der Waals surface area (Å²) in [5.74, 6) is 0.822. The molecule has 0 radical (unpaired) electrons. The molecule has 2 unspecified atom stereocenters. The number of nitrogens with zero attached hydrogens (tertiary/aromatic N) is 2. The van der Waals surface area contributed by atoms with Crippen LogP contribution in [-0.2, 0) is 0 Å². The minimum atomic E-state index is 0.321. The maximum Gasteiger partial charge on any atom is 0.162 e. The van der Waals surface area contributed by atoms with Gasteiger partial charge in [-0.1, -0.05) is 31.4 Å². The van der Waals surface area contributed by atoms with Gasteiger partial charge < -0.3 is 5.32 Å². The second-order valence-electron chi connectivity index (χ2n) is 4.74. The molecule has 1 aromatic heterocycles. The van der Waals surface area contributed by atoms with Crippen molar-refractivity contribution in [1.29, 1.82) is 5.26 Å². The first-order valence-corrected chi connectivity index (χ1v) is 7.17. The highest BCUT2D eigenvalue weighted by molar-refractivity contribution is 7.10. The van der Waals surface area contributed by atoms with Crippen molar-refractivity contribution in [2.45, 2.75) is 45.1 Å². The van der Waals surface area contributed by atoms with E-state index in [4.69, 9.17) is 16.9 Å². The van der Waals surface area contributed by atoms with E-state index in [-0.39, 0.29) is 0 Å². The zero-order valence-electron chi connectivity index (χ0n) is 9.87. The van der Waals surface area contributed by atoms with Crippen LogP contribution in [0.5, 0.6) is 0 Å². The van der Waals surface area contributed by atoms with Gasteiger partial charge in [0.25, 0.3) is 0 Å². The summed E-state index contributed by atoms with van der Waals surface area (Å²) in [6, 6.07) is 2.57. The Hall–Kier alpha value is -0.790. The fraction of sp³-hybridized carbons (Fsp3) is 0.667. The van der Waals surface area contributed by atoms with Crippen LogP contribution < -0.4 is 5.32 Å². The van der Waals surface area contributed by atoms with Crippen molar-refractivity contribution >= 4 is 28.1 Å². The van der Waals surface area contributed by atoms with Crippen molar-refractivity contribution in [2.75, 3.05) is 5.32 Å². The number of rotatable bonds is 2. The van der Waals surface area contributed by atoms with Crippen LogP contribution in [0.1, 0.15) is 44.6 Å². The first kappa shape index (κ1) is 12.7. The maximum absolute atomic E-state index is 9.01. The number of hydrogen-bond acceptors (Lipinski definition) is 4. The fourth-order valence-corrected chi connectivity index (χ4v) is 3.29. The van der Waals surface area contributed by atoms with E-state index in [1.165, 1.54) is 43.6 Å². The van der Waals surface area contributed by atoms with Crippen LogP contribution in [0.15, 0.2) is 0 Å². The van der Waals surface area contributed by atoms with Gasteiger partial charge in [0.15, 0.2) is 5.15 Å². The Morgan fingerprint density at radius 1 is 1.41 bits per heavy atom. The zero-order valence-corrected chi connectivity index (χ0v) is 11.4. The van der Waals surface area contributed by atoms with Gasteiger partial charge in [-0.2, -0.15) is 9.64 Å². The van der Waals surface area contributed by atoms with E-state index >= 15 is 0 Å². The average Bonchev–Trinajstić information content (AvgIpc) is 2.52. The summed E-state index contributed by atoms with van der Waals surface area (Å²) in [6.07, 6.45) is 6.17. The van der Waals surface area contributed by atoms with E-state index in [0.29, 0.717) is 16.8 Å². The van der Waals surface area contributed by atoms with Crippen LogP contribution in [-0.4, -0.2) is 10.4 Å². The summed E-state index contributed by atoms with van der Waals surface area (Å²) in [4.78, 5) is 0. The van der Waals surface area contributed by atoms with Crippen molar-refractivity contribution < 1.29 is 0 Å². The minimum absolute atomic E-state index is 0.321. The standard InChI is InChI=1S/C12H16ClN3S/c1-8-3-2-4-9(6-5-8)15-12-10(7-14)11(13)16-17-12/h8-9,15H,2-6H2,1H3. The van der Waals surface area contributed by atoms with Crippen LogP contribution in [0.25, 0.3) is 0 Å². The molecule has 1 fully saturated rings. The fourth-order valence-electron chi connectivity index (χ4n) is 2.28. The largest absolute Gasteiger partial charge is 0.372 e. The SMILES string of the molecule is CC1CCCC(Nc2snc(Cl)c2C#N)CC1. The first-order valence-electron chi connectivity index (χ1n) is 6.02. The third-order valence-electron chi connectivity index (χ3n) is 3.35. The average molecular weight is 270 g/mol. The molecule has 1 aliphatic carbocycles. The van der Waals surface area contributed by atoms with E-state index in [9.17, 15) is 0 Å². The Morgan fingerprint density at radius 2 is 2.24 bits per heavy atom. The molecule has 0 bridgehead atoms. The second kappa shape index (κ2) is 5.70. The molecule has 2 atom stereocenters. The molecule has 0 amide bonds. The van der Waals surface area contributed by atoms with Crippen molar-refractivity contribution in [2.24, 2.45) is 5.92 Å². The maximum atomic E-state index is 9.01. The molecular formula is C12H16ClN3S. The molecular weight excluding hydrogens is 254 g/mol. The number of nitriles is 1. The van der Waals surface area contributed by atoms with Crippen LogP contribution in [0.2, 0.25) is 5.15 Å². The quantitative estimate of drug-likeness (QED) is 0.824. The Balaban J connectivity index is 2.03. The van der Waals surface area contributed by atoms with Crippen LogP contribution in [0.4, 0.5) is 5.00 Å². The second-order valence-corrected chi connectivity index (χ2v) is 5.88. The highest BCUT2D eigenvalue weighted by Crippen LogP contribution is 2.31. The molecule has 5 heteroatoms. The summed E-state index contributed by atoms with van der Waals surface area (Å²) in [5, 5.41) is 13.6. The number of nitrogens with one attached hydrogen (secondary N) is 1. The van der Waals surface area contributed by atoms with E-state index in [1.807, 2.05) is 0 Å². The van der Waals surface area contributed by atoms with Gasteiger partial charge in [0.1, 0.15) is 16.6 Å². The number of hydrogen-bond donors (Lipinski definition) is 1. The summed E-state index contributed by atoms with van der Waals surface area (Å²) < 4.78 is 4.01. The van der Waals surface area contributed by atoms with Crippen LogP contribution in [0, 0.1) is 17.2 Å². The molecule has 1 aromatic rings. The molecule has 0 spiro atoms. The van der Waals surface area contributed by atoms with Crippen LogP contribution in [0.3, 0.4) is 0 Å². The number of aromatic nitrogens is 1. The van der Waals surface area contributed by atoms with Crippen molar-refractivity contribution in [1.82, 2.24) is 4.37 Å². The number of anilines is 1. The Kier molecular flexibility index (Phi) is 4.25. The predicted molar refractivity (Wildman–Crippen MR) is 71.5 cm³/mol. The van der Waals surface area contributed by atoms with Crippen molar-refractivity contribution in [3.63, 3.8) is 0 Å². The van der Waals surface area contributed by atoms with E-state index in [1.54, 1.807) is 0 Å². The third-order valence-corrected chi connectivity index (χ3v) is 4.51. The zero-order chi connectivity index (χ0) is 12.3. The highest BCUT2D eigenvalue weighted by Gasteiger charge is 2.19. The minimum Gasteiger partial charge on any atom is -0.372 e. The number of halogens is 1. The lowest BCUT2D eigenvalue weighted by Crippen LogP contribution is -2.18. The molecule has 2 rings (SSSR count). The van der Waals surface area contributed by atoms with Gasteiger partial charge in [0.05, 0.1) is 0 Å². The lowest BCUT2D eigenvalue weighted by molar-refractivity contribution is 0.502. The van der Waals surface area contributed by atoms with Crippen molar-refractivity contribution in [3.05, 3.63) is 10.7 Å². The lowest BCUT2D eigenvalue weighted by atomic mass is 10.0. The van der Waals surface area contributed by atoms with Gasteiger partial charge >= 0.3 is 0 Å². The van der Waals surface area contributed by atoms with Gasteiger partial charge in [-0.3, -0.25) is 0 Å². The summed E-state index contributed by atoms with van der Waals surface area (Å²) in [6.45, 7) is 2.31. The third kappa shape index (κ3) is 3.11. The molecule has 0 aromatic carbocycles. The Morgan fingerprint density at radius 3 is 3.00 bits per heavy atom.